The van der Waals surface area contributed by atoms with E-state index in [1.165, 1.54) is 11.1 Å². The monoisotopic (exact) mass is 390 g/mol. The van der Waals surface area contributed by atoms with Gasteiger partial charge in [0.2, 0.25) is 0 Å². The smallest absolute Gasteiger partial charge is 0.251 e. The molecule has 0 atom stereocenters. The van der Waals surface area contributed by atoms with Crippen LogP contribution in [0.5, 0.6) is 0 Å². The van der Waals surface area contributed by atoms with Gasteiger partial charge < -0.3 is 15.5 Å². The Morgan fingerprint density at radius 2 is 1.97 bits per heavy atom. The van der Waals surface area contributed by atoms with Crippen LogP contribution < -0.4 is 10.6 Å². The van der Waals surface area contributed by atoms with Crippen LogP contribution in [0, 0.1) is 0 Å². The molecule has 152 valence electrons. The molecule has 2 aromatic carbocycles. The Bertz CT molecular complexity index is 873. The van der Waals surface area contributed by atoms with Gasteiger partial charge in [-0.15, -0.1) is 0 Å². The lowest BCUT2D eigenvalue weighted by atomic mass is 10.00. The molecule has 0 aromatic heterocycles. The number of amides is 1. The minimum atomic E-state index is -0.0574. The number of rotatable bonds is 6. The molecule has 2 N–H and O–H groups in total. The number of nitrogens with zero attached hydrogens (tertiary/aromatic N) is 2. The van der Waals surface area contributed by atoms with Crippen LogP contribution in [0.4, 0.5) is 0 Å². The first-order valence-corrected chi connectivity index (χ1v) is 10.3. The van der Waals surface area contributed by atoms with Gasteiger partial charge in [0.1, 0.15) is 0 Å². The van der Waals surface area contributed by atoms with Crippen LogP contribution in [0.1, 0.15) is 34.8 Å². The third-order valence-electron chi connectivity index (χ3n) is 5.07. The topological polar surface area (TPSA) is 56.7 Å². The van der Waals surface area contributed by atoms with Gasteiger partial charge in [-0.1, -0.05) is 48.5 Å². The van der Waals surface area contributed by atoms with E-state index < -0.39 is 0 Å². The van der Waals surface area contributed by atoms with Gasteiger partial charge in [-0.3, -0.25) is 9.79 Å². The molecule has 1 amide bonds. The van der Waals surface area contributed by atoms with Crippen LogP contribution in [0.25, 0.3) is 5.57 Å². The van der Waals surface area contributed by atoms with E-state index in [0.29, 0.717) is 12.1 Å². The molecule has 0 unspecified atom stereocenters. The molecule has 1 aliphatic rings. The van der Waals surface area contributed by atoms with Crippen molar-refractivity contribution in [2.24, 2.45) is 4.99 Å². The van der Waals surface area contributed by atoms with Crippen LogP contribution >= 0.6 is 0 Å². The van der Waals surface area contributed by atoms with Crippen LogP contribution in [-0.2, 0) is 6.42 Å². The van der Waals surface area contributed by atoms with Gasteiger partial charge >= 0.3 is 0 Å². The Balaban J connectivity index is 1.62. The molecule has 1 aliphatic heterocycles. The minimum Gasteiger partial charge on any atom is -0.357 e. The van der Waals surface area contributed by atoms with Crippen LogP contribution in [0.3, 0.4) is 0 Å². The maximum absolute atomic E-state index is 11.8. The van der Waals surface area contributed by atoms with E-state index in [4.69, 9.17) is 4.99 Å². The summed E-state index contributed by atoms with van der Waals surface area (Å²) in [5, 5.41) is 6.08. The summed E-state index contributed by atoms with van der Waals surface area (Å²) in [6.45, 7) is 5.44. The molecule has 0 radical (unpaired) electrons. The van der Waals surface area contributed by atoms with Crippen molar-refractivity contribution in [1.82, 2.24) is 15.5 Å². The van der Waals surface area contributed by atoms with Gasteiger partial charge in [0.25, 0.3) is 5.91 Å². The van der Waals surface area contributed by atoms with Gasteiger partial charge in [0, 0.05) is 38.8 Å². The van der Waals surface area contributed by atoms with E-state index in [-0.39, 0.29) is 5.91 Å². The first kappa shape index (κ1) is 20.6. The summed E-state index contributed by atoms with van der Waals surface area (Å²) < 4.78 is 0. The highest BCUT2D eigenvalue weighted by Crippen LogP contribution is 2.22. The maximum atomic E-state index is 11.8. The molecule has 0 aliphatic carbocycles. The SMILES string of the molecule is CCNC(=NCCc1cccc(C(=O)NC)c1)N1CC=C(c2ccccc2)CC1. The van der Waals surface area contributed by atoms with Crippen molar-refractivity contribution in [2.45, 2.75) is 19.8 Å². The summed E-state index contributed by atoms with van der Waals surface area (Å²) in [5.74, 6) is 0.899. The summed E-state index contributed by atoms with van der Waals surface area (Å²) in [7, 11) is 1.65. The van der Waals surface area contributed by atoms with Crippen molar-refractivity contribution in [3.05, 3.63) is 77.4 Å². The first-order chi connectivity index (χ1) is 14.2. The molecule has 0 saturated heterocycles. The lowest BCUT2D eigenvalue weighted by Crippen LogP contribution is -2.43. The molecular formula is C24H30N4O. The van der Waals surface area contributed by atoms with Crippen molar-refractivity contribution >= 4 is 17.4 Å². The van der Waals surface area contributed by atoms with Crippen LogP contribution in [-0.4, -0.2) is 50.0 Å². The second-order valence-corrected chi connectivity index (χ2v) is 7.06. The van der Waals surface area contributed by atoms with E-state index in [1.807, 2.05) is 24.3 Å². The van der Waals surface area contributed by atoms with Gasteiger partial charge in [-0.25, -0.2) is 0 Å². The highest BCUT2D eigenvalue weighted by molar-refractivity contribution is 5.94. The standard InChI is InChI=1S/C24H30N4O/c1-3-26-24(27-15-12-19-8-7-11-22(18-19)23(29)25-2)28-16-13-21(14-17-28)20-9-5-4-6-10-20/h4-11,13,18H,3,12,14-17H2,1-2H3,(H,25,29)(H,26,27). The Morgan fingerprint density at radius 1 is 1.14 bits per heavy atom. The van der Waals surface area contributed by atoms with E-state index in [2.05, 4.69) is 58.9 Å². The zero-order valence-corrected chi connectivity index (χ0v) is 17.3. The predicted molar refractivity (Wildman–Crippen MR) is 120 cm³/mol. The summed E-state index contributed by atoms with van der Waals surface area (Å²) in [6, 6.07) is 18.3. The Hall–Kier alpha value is -3.08. The normalized spacial score (nSPS) is 14.3. The van der Waals surface area contributed by atoms with E-state index >= 15 is 0 Å². The van der Waals surface area contributed by atoms with Gasteiger partial charge in [-0.2, -0.15) is 0 Å². The fourth-order valence-electron chi connectivity index (χ4n) is 3.51. The number of nitrogens with one attached hydrogen (secondary N) is 2. The predicted octanol–water partition coefficient (Wildman–Crippen LogP) is 3.34. The Labute approximate surface area is 173 Å². The number of carbonyl (C=O) groups excluding carboxylic acids is 1. The first-order valence-electron chi connectivity index (χ1n) is 10.3. The molecule has 5 nitrogen and oxygen atoms in total. The molecule has 3 rings (SSSR count). The zero-order valence-electron chi connectivity index (χ0n) is 17.3. The fraction of sp³-hybridized carbons (Fsp3) is 0.333. The van der Waals surface area contributed by atoms with Crippen molar-refractivity contribution in [3.63, 3.8) is 0 Å². The highest BCUT2D eigenvalue weighted by atomic mass is 16.1. The van der Waals surface area contributed by atoms with Gasteiger partial charge in [0.05, 0.1) is 0 Å². The quantitative estimate of drug-likeness (QED) is 0.588. The van der Waals surface area contributed by atoms with Crippen LogP contribution in [0.2, 0.25) is 0 Å². The summed E-state index contributed by atoms with van der Waals surface area (Å²) >= 11 is 0. The third-order valence-corrected chi connectivity index (χ3v) is 5.07. The van der Waals surface area contributed by atoms with E-state index in [0.717, 1.165) is 44.0 Å². The molecule has 5 heteroatoms. The lowest BCUT2D eigenvalue weighted by molar-refractivity contribution is 0.0963. The van der Waals surface area contributed by atoms with Crippen LogP contribution in [0.15, 0.2) is 65.7 Å². The largest absolute Gasteiger partial charge is 0.357 e. The van der Waals surface area contributed by atoms with Crippen molar-refractivity contribution in [2.75, 3.05) is 33.2 Å². The molecule has 0 saturated carbocycles. The molecule has 0 spiro atoms. The second-order valence-electron chi connectivity index (χ2n) is 7.06. The third kappa shape index (κ3) is 5.70. The summed E-state index contributed by atoms with van der Waals surface area (Å²) in [4.78, 5) is 18.9. The molecule has 29 heavy (non-hydrogen) atoms. The number of benzene rings is 2. The fourth-order valence-corrected chi connectivity index (χ4v) is 3.51. The molecule has 0 fully saturated rings. The maximum Gasteiger partial charge on any atom is 0.251 e. The minimum absolute atomic E-state index is 0.0574. The number of carbonyl (C=O) groups is 1. The number of guanidine groups is 1. The highest BCUT2D eigenvalue weighted by Gasteiger charge is 2.16. The average Bonchev–Trinajstić information content (AvgIpc) is 2.79. The lowest BCUT2D eigenvalue weighted by Gasteiger charge is -2.30. The molecular weight excluding hydrogens is 360 g/mol. The molecule has 1 heterocycles. The summed E-state index contributed by atoms with van der Waals surface area (Å²) in [5.41, 5.74) is 4.53. The van der Waals surface area contributed by atoms with Crippen molar-refractivity contribution in [3.8, 4) is 0 Å². The number of hydrogen-bond donors (Lipinski definition) is 2. The van der Waals surface area contributed by atoms with Crippen molar-refractivity contribution in [1.29, 1.82) is 0 Å². The van der Waals surface area contributed by atoms with Gasteiger partial charge in [0.15, 0.2) is 5.96 Å². The number of hydrogen-bond acceptors (Lipinski definition) is 2. The van der Waals surface area contributed by atoms with Crippen molar-refractivity contribution < 1.29 is 4.79 Å². The molecule has 0 bridgehead atoms. The van der Waals surface area contributed by atoms with E-state index in [1.54, 1.807) is 7.05 Å². The van der Waals surface area contributed by atoms with Gasteiger partial charge in [-0.05, 0) is 48.6 Å². The average molecular weight is 391 g/mol. The second kappa shape index (κ2) is 10.5. The molecule has 2 aromatic rings. The Morgan fingerprint density at radius 3 is 2.66 bits per heavy atom. The number of aliphatic imine (C=N–C) groups is 1. The van der Waals surface area contributed by atoms with E-state index in [9.17, 15) is 4.79 Å². The zero-order chi connectivity index (χ0) is 20.5. The summed E-state index contributed by atoms with van der Waals surface area (Å²) in [6.07, 6.45) is 4.12. The Kier molecular flexibility index (Phi) is 7.45.